The Morgan fingerprint density at radius 2 is 1.89 bits per heavy atom. The number of hydrogen-bond acceptors (Lipinski definition) is 3. The molecule has 2 atom stereocenters. The summed E-state index contributed by atoms with van der Waals surface area (Å²) in [6.07, 6.45) is 4.31. The molecule has 0 spiro atoms. The van der Waals surface area contributed by atoms with Gasteiger partial charge in [0.2, 0.25) is 15.9 Å². The summed E-state index contributed by atoms with van der Waals surface area (Å²) in [5, 5.41) is 3.60. The molecule has 5 nitrogen and oxygen atoms in total. The van der Waals surface area contributed by atoms with E-state index in [1.165, 1.54) is 9.87 Å². The Morgan fingerprint density at radius 1 is 1.21 bits per heavy atom. The first-order chi connectivity index (χ1) is 13.3. The van der Waals surface area contributed by atoms with Gasteiger partial charge < -0.3 is 5.32 Å². The van der Waals surface area contributed by atoms with E-state index in [0.29, 0.717) is 17.1 Å². The monoisotopic (exact) mass is 420 g/mol. The van der Waals surface area contributed by atoms with Crippen LogP contribution in [0.2, 0.25) is 5.02 Å². The SMILES string of the molecule is CC[C@@H](C(=O)N[C@H]1CCCc2ccccc21)N(c1ccc(Cl)cc1)S(C)(=O)=O. The van der Waals surface area contributed by atoms with Crippen LogP contribution < -0.4 is 9.62 Å². The molecular formula is C21H25ClN2O3S. The standard InChI is InChI=1S/C21H25ClN2O3S/c1-3-20(24(28(2,26)27)17-13-11-16(22)12-14-17)21(25)23-19-10-6-8-15-7-4-5-9-18(15)19/h4-5,7,9,11-14,19-20H,3,6,8,10H2,1-2H3,(H,23,25)/t19-,20-/m0/s1. The van der Waals surface area contributed by atoms with Crippen molar-refractivity contribution in [2.45, 2.75) is 44.7 Å². The van der Waals surface area contributed by atoms with Crippen LogP contribution in [0.1, 0.15) is 43.4 Å². The predicted molar refractivity (Wildman–Crippen MR) is 113 cm³/mol. The second-order valence-corrected chi connectivity index (χ2v) is 9.41. The van der Waals surface area contributed by atoms with Gasteiger partial charge in [-0.2, -0.15) is 0 Å². The molecule has 150 valence electrons. The average Bonchev–Trinajstić information content (AvgIpc) is 2.66. The van der Waals surface area contributed by atoms with Crippen LogP contribution in [0.5, 0.6) is 0 Å². The molecule has 0 saturated carbocycles. The Morgan fingerprint density at radius 3 is 2.54 bits per heavy atom. The van der Waals surface area contributed by atoms with E-state index in [0.717, 1.165) is 31.1 Å². The third-order valence-electron chi connectivity index (χ3n) is 5.10. The van der Waals surface area contributed by atoms with Crippen LogP contribution in [0.25, 0.3) is 0 Å². The number of amides is 1. The second kappa shape index (κ2) is 8.53. The summed E-state index contributed by atoms with van der Waals surface area (Å²) >= 11 is 5.94. The number of carbonyl (C=O) groups excluding carboxylic acids is 1. The largest absolute Gasteiger partial charge is 0.347 e. The lowest BCUT2D eigenvalue weighted by atomic mass is 9.87. The maximum atomic E-state index is 13.1. The molecule has 3 rings (SSSR count). The van der Waals surface area contributed by atoms with Gasteiger partial charge in [0.15, 0.2) is 0 Å². The predicted octanol–water partition coefficient (Wildman–Crippen LogP) is 4.08. The number of aryl methyl sites for hydroxylation is 1. The van der Waals surface area contributed by atoms with E-state index >= 15 is 0 Å². The quantitative estimate of drug-likeness (QED) is 0.765. The van der Waals surface area contributed by atoms with Crippen molar-refractivity contribution in [1.82, 2.24) is 5.32 Å². The molecule has 2 aromatic rings. The lowest BCUT2D eigenvalue weighted by molar-refractivity contribution is -0.123. The highest BCUT2D eigenvalue weighted by Crippen LogP contribution is 2.30. The molecule has 0 aliphatic heterocycles. The van der Waals surface area contributed by atoms with E-state index < -0.39 is 16.1 Å². The Labute approximate surface area is 171 Å². The van der Waals surface area contributed by atoms with E-state index in [-0.39, 0.29) is 11.9 Å². The maximum absolute atomic E-state index is 13.1. The number of halogens is 1. The molecule has 2 aromatic carbocycles. The molecule has 0 saturated heterocycles. The Bertz CT molecular complexity index is 944. The highest BCUT2D eigenvalue weighted by atomic mass is 35.5. The summed E-state index contributed by atoms with van der Waals surface area (Å²) in [6.45, 7) is 1.81. The minimum absolute atomic E-state index is 0.0990. The summed E-state index contributed by atoms with van der Waals surface area (Å²) in [5.41, 5.74) is 2.79. The normalized spacial score (nSPS) is 17.5. The van der Waals surface area contributed by atoms with Crippen molar-refractivity contribution >= 4 is 33.2 Å². The average molecular weight is 421 g/mol. The highest BCUT2D eigenvalue weighted by molar-refractivity contribution is 7.92. The zero-order valence-corrected chi connectivity index (χ0v) is 17.6. The molecule has 1 aliphatic rings. The Hall–Kier alpha value is -2.05. The molecule has 0 heterocycles. The first-order valence-electron chi connectivity index (χ1n) is 9.44. The smallest absolute Gasteiger partial charge is 0.244 e. The molecule has 0 aromatic heterocycles. The van der Waals surface area contributed by atoms with Gasteiger partial charge in [-0.1, -0.05) is 42.8 Å². The van der Waals surface area contributed by atoms with Crippen LogP contribution >= 0.6 is 11.6 Å². The van der Waals surface area contributed by atoms with Crippen LogP contribution in [-0.4, -0.2) is 26.6 Å². The third kappa shape index (κ3) is 4.50. The first-order valence-corrected chi connectivity index (χ1v) is 11.7. The molecule has 0 fully saturated rings. The number of fused-ring (bicyclic) bond motifs is 1. The van der Waals surface area contributed by atoms with E-state index in [1.54, 1.807) is 24.3 Å². The lowest BCUT2D eigenvalue weighted by Crippen LogP contribution is -2.50. The van der Waals surface area contributed by atoms with Gasteiger partial charge in [-0.05, 0) is 61.1 Å². The molecular weight excluding hydrogens is 396 g/mol. The van der Waals surface area contributed by atoms with E-state index in [9.17, 15) is 13.2 Å². The number of anilines is 1. The van der Waals surface area contributed by atoms with Gasteiger partial charge in [0, 0.05) is 5.02 Å². The van der Waals surface area contributed by atoms with Crippen LogP contribution in [0.15, 0.2) is 48.5 Å². The second-order valence-electron chi connectivity index (χ2n) is 7.11. The zero-order chi connectivity index (χ0) is 20.3. The summed E-state index contributed by atoms with van der Waals surface area (Å²) in [7, 11) is -3.66. The summed E-state index contributed by atoms with van der Waals surface area (Å²) in [6, 6.07) is 13.7. The fourth-order valence-electron chi connectivity index (χ4n) is 3.82. The van der Waals surface area contributed by atoms with Crippen LogP contribution in [0.3, 0.4) is 0 Å². The highest BCUT2D eigenvalue weighted by Gasteiger charge is 2.33. The minimum atomic E-state index is -3.66. The Kier molecular flexibility index (Phi) is 6.30. The summed E-state index contributed by atoms with van der Waals surface area (Å²) < 4.78 is 26.2. The van der Waals surface area contributed by atoms with E-state index in [2.05, 4.69) is 11.4 Å². The maximum Gasteiger partial charge on any atom is 0.244 e. The number of sulfonamides is 1. The van der Waals surface area contributed by atoms with Gasteiger partial charge in [-0.3, -0.25) is 9.10 Å². The van der Waals surface area contributed by atoms with Crippen molar-refractivity contribution in [2.75, 3.05) is 10.6 Å². The fourth-order valence-corrected chi connectivity index (χ4v) is 5.16. The molecule has 0 unspecified atom stereocenters. The molecule has 28 heavy (non-hydrogen) atoms. The van der Waals surface area contributed by atoms with Gasteiger partial charge in [-0.15, -0.1) is 0 Å². The molecule has 1 aliphatic carbocycles. The van der Waals surface area contributed by atoms with Gasteiger partial charge >= 0.3 is 0 Å². The third-order valence-corrected chi connectivity index (χ3v) is 6.53. The lowest BCUT2D eigenvalue weighted by Gasteiger charge is -2.33. The van der Waals surface area contributed by atoms with Crippen molar-refractivity contribution in [3.63, 3.8) is 0 Å². The number of nitrogens with one attached hydrogen (secondary N) is 1. The van der Waals surface area contributed by atoms with Crippen LogP contribution in [-0.2, 0) is 21.2 Å². The zero-order valence-electron chi connectivity index (χ0n) is 16.1. The number of nitrogens with zero attached hydrogens (tertiary/aromatic N) is 1. The van der Waals surface area contributed by atoms with Crippen LogP contribution in [0, 0.1) is 0 Å². The first kappa shape index (κ1) is 20.7. The summed E-state index contributed by atoms with van der Waals surface area (Å²) in [4.78, 5) is 13.1. The fraction of sp³-hybridized carbons (Fsp3) is 0.381. The van der Waals surface area contributed by atoms with Crippen molar-refractivity contribution in [3.8, 4) is 0 Å². The van der Waals surface area contributed by atoms with Crippen molar-refractivity contribution in [2.24, 2.45) is 0 Å². The molecule has 0 bridgehead atoms. The van der Waals surface area contributed by atoms with Gasteiger partial charge in [0.1, 0.15) is 6.04 Å². The topological polar surface area (TPSA) is 66.5 Å². The molecule has 1 amide bonds. The molecule has 7 heteroatoms. The van der Waals surface area contributed by atoms with Gasteiger partial charge in [0.05, 0.1) is 18.0 Å². The van der Waals surface area contributed by atoms with Crippen molar-refractivity contribution in [1.29, 1.82) is 0 Å². The number of hydrogen-bond donors (Lipinski definition) is 1. The molecule has 1 N–H and O–H groups in total. The van der Waals surface area contributed by atoms with Crippen LogP contribution in [0.4, 0.5) is 5.69 Å². The number of rotatable bonds is 6. The van der Waals surface area contributed by atoms with Crippen molar-refractivity contribution in [3.05, 3.63) is 64.7 Å². The van der Waals surface area contributed by atoms with Gasteiger partial charge in [0.25, 0.3) is 0 Å². The van der Waals surface area contributed by atoms with Crippen molar-refractivity contribution < 1.29 is 13.2 Å². The number of benzene rings is 2. The Balaban J connectivity index is 1.88. The van der Waals surface area contributed by atoms with E-state index in [4.69, 9.17) is 11.6 Å². The summed E-state index contributed by atoms with van der Waals surface area (Å²) in [5.74, 6) is -0.287. The minimum Gasteiger partial charge on any atom is -0.347 e. The van der Waals surface area contributed by atoms with Gasteiger partial charge in [-0.25, -0.2) is 8.42 Å². The van der Waals surface area contributed by atoms with E-state index in [1.807, 2.05) is 25.1 Å². The molecule has 0 radical (unpaired) electrons. The number of carbonyl (C=O) groups is 1.